The van der Waals surface area contributed by atoms with Gasteiger partial charge in [-0.3, -0.25) is 0 Å². The lowest BCUT2D eigenvalue weighted by Crippen LogP contribution is -2.49. The van der Waals surface area contributed by atoms with Crippen molar-refractivity contribution in [1.82, 2.24) is 0 Å². The first-order chi connectivity index (χ1) is 17.2. The summed E-state index contributed by atoms with van der Waals surface area (Å²) in [5.41, 5.74) is 3.48. The molecule has 5 aromatic carbocycles. The highest BCUT2D eigenvalue weighted by Crippen LogP contribution is 2.41. The Morgan fingerprint density at radius 1 is 0.722 bits per heavy atom. The number of benzene rings is 5. The van der Waals surface area contributed by atoms with Gasteiger partial charge in [0, 0.05) is 16.2 Å². The van der Waals surface area contributed by atoms with Crippen LogP contribution in [0.25, 0.3) is 54.6 Å². The number of para-hydroxylation sites is 1. The topological polar surface area (TPSA) is 42.6 Å². The molecule has 6 rings (SSSR count). The van der Waals surface area contributed by atoms with Crippen LogP contribution in [0.4, 0.5) is 0 Å². The number of hydrogen-bond acceptors (Lipinski definition) is 3. The summed E-state index contributed by atoms with van der Waals surface area (Å²) < 4.78 is 12.7. The Bertz CT molecular complexity index is 1750. The average Bonchev–Trinajstić information content (AvgIpc) is 3.26. The van der Waals surface area contributed by atoms with E-state index in [1.54, 1.807) is 13.8 Å². The zero-order valence-corrected chi connectivity index (χ0v) is 21.1. The minimum absolute atomic E-state index is 0.397. The van der Waals surface area contributed by atoms with Gasteiger partial charge in [-0.05, 0) is 78.6 Å². The van der Waals surface area contributed by atoms with E-state index in [4.69, 9.17) is 9.07 Å². The lowest BCUT2D eigenvalue weighted by atomic mass is 9.78. The summed E-state index contributed by atoms with van der Waals surface area (Å²) >= 11 is 0. The predicted octanol–water partition coefficient (Wildman–Crippen LogP) is 7.10. The largest absolute Gasteiger partial charge is 0.455 e. The molecule has 36 heavy (non-hydrogen) atoms. The van der Waals surface area contributed by atoms with Gasteiger partial charge in [0.25, 0.3) is 0 Å². The van der Waals surface area contributed by atoms with E-state index in [0.717, 1.165) is 60.1 Å². The molecule has 0 fully saturated rings. The van der Waals surface area contributed by atoms with E-state index in [2.05, 4.69) is 78.9 Å². The van der Waals surface area contributed by atoms with Gasteiger partial charge in [0.1, 0.15) is 11.2 Å². The molecule has 4 heteroatoms. The van der Waals surface area contributed by atoms with Crippen LogP contribution in [0, 0.1) is 0 Å². The van der Waals surface area contributed by atoms with Gasteiger partial charge < -0.3 is 14.2 Å². The van der Waals surface area contributed by atoms with Crippen molar-refractivity contribution in [3.05, 3.63) is 91.0 Å². The molecule has 0 atom stereocenters. The molecule has 0 aliphatic rings. The highest BCUT2D eigenvalue weighted by Gasteiger charge is 2.35. The van der Waals surface area contributed by atoms with Crippen LogP contribution in [0.1, 0.15) is 27.7 Å². The molecule has 3 nitrogen and oxygen atoms in total. The van der Waals surface area contributed by atoms with Crippen molar-refractivity contribution in [2.45, 2.75) is 38.9 Å². The highest BCUT2D eigenvalue weighted by molar-refractivity contribution is 6.51. The third-order valence-corrected chi connectivity index (χ3v) is 7.69. The Morgan fingerprint density at radius 2 is 1.33 bits per heavy atom. The van der Waals surface area contributed by atoms with Crippen LogP contribution < -0.4 is 5.46 Å². The van der Waals surface area contributed by atoms with Crippen LogP contribution in [-0.2, 0) is 4.65 Å². The van der Waals surface area contributed by atoms with E-state index in [1.165, 1.54) is 0 Å². The Kier molecular flexibility index (Phi) is 5.22. The second-order valence-corrected chi connectivity index (χ2v) is 10.7. The number of rotatable bonds is 5. The molecule has 0 bridgehead atoms. The van der Waals surface area contributed by atoms with Gasteiger partial charge in [0.05, 0.1) is 11.2 Å². The predicted molar refractivity (Wildman–Crippen MR) is 152 cm³/mol. The molecule has 1 heterocycles. The summed E-state index contributed by atoms with van der Waals surface area (Å²) in [5, 5.41) is 17.4. The van der Waals surface area contributed by atoms with Gasteiger partial charge in [-0.1, -0.05) is 72.8 Å². The third kappa shape index (κ3) is 3.69. The molecular weight excluding hydrogens is 443 g/mol. The number of aliphatic hydroxyl groups is 1. The summed E-state index contributed by atoms with van der Waals surface area (Å²) in [5.74, 6) is 0. The van der Waals surface area contributed by atoms with Gasteiger partial charge >= 0.3 is 7.48 Å². The summed E-state index contributed by atoms with van der Waals surface area (Å²) in [6.45, 7) is 7.45. The molecule has 0 spiro atoms. The number of hydrogen-bond donors (Lipinski definition) is 1. The lowest BCUT2D eigenvalue weighted by molar-refractivity contribution is -0.0893. The lowest BCUT2D eigenvalue weighted by Gasteiger charge is -2.37. The fraction of sp³-hybridized carbons (Fsp3) is 0.188. The van der Waals surface area contributed by atoms with Crippen LogP contribution in [-0.4, -0.2) is 23.8 Å². The van der Waals surface area contributed by atoms with Gasteiger partial charge in [-0.25, -0.2) is 0 Å². The molecule has 0 aliphatic carbocycles. The van der Waals surface area contributed by atoms with Crippen molar-refractivity contribution in [2.24, 2.45) is 0 Å². The molecular formula is C32H29BO3. The molecule has 1 aromatic heterocycles. The molecule has 0 saturated carbocycles. The zero-order valence-electron chi connectivity index (χ0n) is 21.1. The Morgan fingerprint density at radius 3 is 2.06 bits per heavy atom. The molecule has 0 unspecified atom stereocenters. The molecule has 0 saturated heterocycles. The fourth-order valence-electron chi connectivity index (χ4n) is 4.89. The minimum Gasteiger partial charge on any atom is -0.455 e. The van der Waals surface area contributed by atoms with E-state index in [1.807, 2.05) is 26.0 Å². The van der Waals surface area contributed by atoms with Crippen molar-refractivity contribution in [2.75, 3.05) is 0 Å². The highest BCUT2D eigenvalue weighted by atomic mass is 16.5. The van der Waals surface area contributed by atoms with E-state index in [0.29, 0.717) is 7.48 Å². The average molecular weight is 472 g/mol. The first kappa shape index (κ1) is 22.8. The Hall–Kier alpha value is -3.60. The van der Waals surface area contributed by atoms with E-state index in [9.17, 15) is 5.11 Å². The zero-order chi connectivity index (χ0) is 25.1. The van der Waals surface area contributed by atoms with Crippen LogP contribution in [0.3, 0.4) is 0 Å². The van der Waals surface area contributed by atoms with Crippen LogP contribution in [0.5, 0.6) is 0 Å². The van der Waals surface area contributed by atoms with E-state index < -0.39 is 11.2 Å². The van der Waals surface area contributed by atoms with Crippen LogP contribution in [0.2, 0.25) is 0 Å². The van der Waals surface area contributed by atoms with E-state index >= 15 is 0 Å². The summed E-state index contributed by atoms with van der Waals surface area (Å²) in [4.78, 5) is 0. The first-order valence-corrected chi connectivity index (χ1v) is 12.4. The fourth-order valence-corrected chi connectivity index (χ4v) is 4.89. The van der Waals surface area contributed by atoms with Crippen molar-refractivity contribution in [1.29, 1.82) is 0 Å². The van der Waals surface area contributed by atoms with E-state index in [-0.39, 0.29) is 0 Å². The molecule has 0 aliphatic heterocycles. The van der Waals surface area contributed by atoms with Crippen molar-refractivity contribution in [3.63, 3.8) is 0 Å². The number of furan rings is 1. The summed E-state index contributed by atoms with van der Waals surface area (Å²) in [6.07, 6.45) is 0. The second kappa shape index (κ2) is 8.23. The standard InChI is InChI=1S/C32H29BO3/c1-31(2,34)32(3,4)36-33-27-19-22(17-20-11-5-7-13-23(20)27)26-18-21-12-6-8-14-24(21)30-29(26)25-15-9-10-16-28(25)35-30/h5-19,33-34H,1-4H3. The van der Waals surface area contributed by atoms with Crippen molar-refractivity contribution in [3.8, 4) is 11.1 Å². The maximum Gasteiger partial charge on any atom is 0.310 e. The smallest absolute Gasteiger partial charge is 0.310 e. The van der Waals surface area contributed by atoms with Gasteiger partial charge in [0.15, 0.2) is 0 Å². The third-order valence-electron chi connectivity index (χ3n) is 7.69. The molecule has 178 valence electrons. The first-order valence-electron chi connectivity index (χ1n) is 12.4. The Labute approximate surface area is 211 Å². The summed E-state index contributed by atoms with van der Waals surface area (Å²) in [6, 6.07) is 31.8. The second-order valence-electron chi connectivity index (χ2n) is 10.7. The molecule has 0 radical (unpaired) electrons. The number of fused-ring (bicyclic) bond motifs is 6. The maximum absolute atomic E-state index is 10.6. The molecule has 0 amide bonds. The van der Waals surface area contributed by atoms with Gasteiger partial charge in [-0.2, -0.15) is 0 Å². The normalized spacial score (nSPS) is 12.7. The van der Waals surface area contributed by atoms with Crippen LogP contribution in [0.15, 0.2) is 95.4 Å². The molecule has 1 N–H and O–H groups in total. The maximum atomic E-state index is 10.6. The van der Waals surface area contributed by atoms with Crippen LogP contribution >= 0.6 is 0 Å². The van der Waals surface area contributed by atoms with Crippen molar-refractivity contribution >= 4 is 56.4 Å². The SMILES string of the molecule is CC(C)(O)C(C)(C)OBc1cc(-c2cc3ccccc3c3oc4ccccc4c23)cc2ccccc12. The summed E-state index contributed by atoms with van der Waals surface area (Å²) in [7, 11) is 0.397. The monoisotopic (exact) mass is 472 g/mol. The van der Waals surface area contributed by atoms with Crippen molar-refractivity contribution < 1.29 is 14.2 Å². The van der Waals surface area contributed by atoms with Gasteiger partial charge in [-0.15, -0.1) is 0 Å². The minimum atomic E-state index is -0.972. The molecule has 6 aromatic rings. The quantitative estimate of drug-likeness (QED) is 0.272. The Balaban J connectivity index is 1.61. The van der Waals surface area contributed by atoms with Gasteiger partial charge in [0.2, 0.25) is 0 Å².